The third kappa shape index (κ3) is 4.49. The van der Waals surface area contributed by atoms with E-state index in [1.54, 1.807) is 0 Å². The Hall–Kier alpha value is -1.49. The van der Waals surface area contributed by atoms with Gasteiger partial charge in [0.1, 0.15) is 17.3 Å². The summed E-state index contributed by atoms with van der Waals surface area (Å²) >= 11 is 0. The van der Waals surface area contributed by atoms with Gasteiger partial charge in [-0.25, -0.2) is 8.78 Å². The number of hydrogen-bond acceptors (Lipinski definition) is 2. The van der Waals surface area contributed by atoms with E-state index >= 15 is 0 Å². The second-order valence-electron chi connectivity index (χ2n) is 5.71. The predicted octanol–water partition coefficient (Wildman–Crippen LogP) is 3.46. The summed E-state index contributed by atoms with van der Waals surface area (Å²) in [6, 6.07) is 3.75. The first kappa shape index (κ1) is 15.9. The number of amides is 1. The number of hydrogen-bond donors (Lipinski definition) is 2. The molecule has 1 fully saturated rings. The summed E-state index contributed by atoms with van der Waals surface area (Å²) in [5, 5.41) is 5.44. The molecule has 2 N–H and O–H groups in total. The minimum absolute atomic E-state index is 0.0610. The quantitative estimate of drug-likeness (QED) is 0.873. The third-order valence-electron chi connectivity index (χ3n) is 4.17. The van der Waals surface area contributed by atoms with Crippen LogP contribution in [0.1, 0.15) is 39.0 Å². The second-order valence-corrected chi connectivity index (χ2v) is 5.71. The van der Waals surface area contributed by atoms with Gasteiger partial charge in [0.15, 0.2) is 0 Å². The molecular weight excluding hydrogens is 274 g/mol. The lowest BCUT2D eigenvalue weighted by molar-refractivity contribution is -0.115. The van der Waals surface area contributed by atoms with Gasteiger partial charge in [0, 0.05) is 6.04 Å². The van der Waals surface area contributed by atoms with Crippen LogP contribution in [0.25, 0.3) is 0 Å². The molecule has 0 heterocycles. The van der Waals surface area contributed by atoms with Crippen LogP contribution in [0.2, 0.25) is 0 Å². The lowest BCUT2D eigenvalue weighted by atomic mass is 9.84. The standard InChI is InChI=1S/C16H22F2N2O/c1-11(12-6-3-2-4-7-12)19-10-15(21)20-16-13(17)8-5-9-14(16)18/h5,8-9,11-12,19H,2-4,6-7,10H2,1H3,(H,20,21)/t11-/m0/s1. The highest BCUT2D eigenvalue weighted by atomic mass is 19.1. The molecule has 0 aromatic heterocycles. The summed E-state index contributed by atoms with van der Waals surface area (Å²) in [5.41, 5.74) is -0.380. The number of rotatable bonds is 5. The van der Waals surface area contributed by atoms with E-state index in [0.29, 0.717) is 5.92 Å². The van der Waals surface area contributed by atoms with Crippen LogP contribution in [0.4, 0.5) is 14.5 Å². The zero-order valence-corrected chi connectivity index (χ0v) is 12.3. The van der Waals surface area contributed by atoms with E-state index in [2.05, 4.69) is 17.6 Å². The Morgan fingerprint density at radius 1 is 1.24 bits per heavy atom. The van der Waals surface area contributed by atoms with E-state index in [4.69, 9.17) is 0 Å². The van der Waals surface area contributed by atoms with Crippen molar-refractivity contribution in [3.63, 3.8) is 0 Å². The van der Waals surface area contributed by atoms with Crippen LogP contribution in [0.3, 0.4) is 0 Å². The SMILES string of the molecule is C[C@H](NCC(=O)Nc1c(F)cccc1F)C1CCCCC1. The van der Waals surface area contributed by atoms with E-state index in [1.807, 2.05) is 0 Å². The van der Waals surface area contributed by atoms with Gasteiger partial charge in [0.25, 0.3) is 0 Å². The molecule has 0 spiro atoms. The Morgan fingerprint density at radius 2 is 1.86 bits per heavy atom. The molecule has 1 aromatic carbocycles. The zero-order valence-electron chi connectivity index (χ0n) is 12.3. The minimum atomic E-state index is -0.760. The normalized spacial score (nSPS) is 17.5. The molecule has 1 saturated carbocycles. The molecule has 2 rings (SSSR count). The molecule has 0 saturated heterocycles. The second kappa shape index (κ2) is 7.50. The average Bonchev–Trinajstić information content (AvgIpc) is 2.49. The van der Waals surface area contributed by atoms with Gasteiger partial charge in [0.05, 0.1) is 6.54 Å². The molecular formula is C16H22F2N2O. The average molecular weight is 296 g/mol. The number of benzene rings is 1. The molecule has 0 aliphatic heterocycles. The summed E-state index contributed by atoms with van der Waals surface area (Å²) in [5.74, 6) is -1.37. The minimum Gasteiger partial charge on any atom is -0.320 e. The Bertz CT molecular complexity index is 467. The van der Waals surface area contributed by atoms with Crippen LogP contribution < -0.4 is 10.6 Å². The van der Waals surface area contributed by atoms with E-state index in [1.165, 1.54) is 38.2 Å². The molecule has 0 radical (unpaired) electrons. The molecule has 1 aliphatic carbocycles. The van der Waals surface area contributed by atoms with Crippen LogP contribution in [0.15, 0.2) is 18.2 Å². The topological polar surface area (TPSA) is 41.1 Å². The van der Waals surface area contributed by atoms with Crippen molar-refractivity contribution in [3.05, 3.63) is 29.8 Å². The Balaban J connectivity index is 1.82. The van der Waals surface area contributed by atoms with Gasteiger partial charge in [-0.1, -0.05) is 25.3 Å². The van der Waals surface area contributed by atoms with Crippen molar-refractivity contribution in [1.29, 1.82) is 0 Å². The van der Waals surface area contributed by atoms with Gasteiger partial charge in [-0.2, -0.15) is 0 Å². The highest BCUT2D eigenvalue weighted by molar-refractivity contribution is 5.92. The van der Waals surface area contributed by atoms with Crippen molar-refractivity contribution < 1.29 is 13.6 Å². The third-order valence-corrected chi connectivity index (χ3v) is 4.17. The Labute approximate surface area is 124 Å². The van der Waals surface area contributed by atoms with Gasteiger partial charge in [-0.15, -0.1) is 0 Å². The first-order valence-electron chi connectivity index (χ1n) is 7.55. The van der Waals surface area contributed by atoms with Crippen LogP contribution in [0, 0.1) is 17.6 Å². The molecule has 1 amide bonds. The van der Waals surface area contributed by atoms with Crippen LogP contribution >= 0.6 is 0 Å². The van der Waals surface area contributed by atoms with Crippen molar-refractivity contribution in [2.24, 2.45) is 5.92 Å². The van der Waals surface area contributed by atoms with Gasteiger partial charge >= 0.3 is 0 Å². The lowest BCUT2D eigenvalue weighted by Gasteiger charge is -2.28. The first-order valence-corrected chi connectivity index (χ1v) is 7.55. The highest BCUT2D eigenvalue weighted by Gasteiger charge is 2.20. The van der Waals surface area contributed by atoms with E-state index in [9.17, 15) is 13.6 Å². The number of nitrogens with one attached hydrogen (secondary N) is 2. The lowest BCUT2D eigenvalue weighted by Crippen LogP contribution is -2.39. The summed E-state index contributed by atoms with van der Waals surface area (Å²) in [7, 11) is 0. The van der Waals surface area contributed by atoms with Crippen molar-refractivity contribution in [2.75, 3.05) is 11.9 Å². The smallest absolute Gasteiger partial charge is 0.238 e. The molecule has 21 heavy (non-hydrogen) atoms. The molecule has 3 nitrogen and oxygen atoms in total. The maximum absolute atomic E-state index is 13.4. The van der Waals surface area contributed by atoms with Crippen molar-refractivity contribution in [3.8, 4) is 0 Å². The fourth-order valence-electron chi connectivity index (χ4n) is 2.86. The number of carbonyl (C=O) groups is 1. The molecule has 5 heteroatoms. The van der Waals surface area contributed by atoms with Crippen LogP contribution in [0.5, 0.6) is 0 Å². The molecule has 0 unspecified atom stereocenters. The molecule has 1 aliphatic rings. The number of halogens is 2. The van der Waals surface area contributed by atoms with Crippen molar-refractivity contribution >= 4 is 11.6 Å². The number of para-hydroxylation sites is 1. The fourth-order valence-corrected chi connectivity index (χ4v) is 2.86. The van der Waals surface area contributed by atoms with Gasteiger partial charge in [0.2, 0.25) is 5.91 Å². The van der Waals surface area contributed by atoms with Crippen molar-refractivity contribution in [2.45, 2.75) is 45.1 Å². The predicted molar refractivity (Wildman–Crippen MR) is 79.0 cm³/mol. The number of anilines is 1. The molecule has 1 atom stereocenters. The molecule has 116 valence electrons. The zero-order chi connectivity index (χ0) is 15.2. The Morgan fingerprint density at radius 3 is 2.48 bits per heavy atom. The summed E-state index contributed by atoms with van der Waals surface area (Å²) in [6.07, 6.45) is 6.12. The number of carbonyl (C=O) groups excluding carboxylic acids is 1. The molecule has 0 bridgehead atoms. The van der Waals surface area contributed by atoms with Crippen molar-refractivity contribution in [1.82, 2.24) is 5.32 Å². The highest BCUT2D eigenvalue weighted by Crippen LogP contribution is 2.26. The molecule has 1 aromatic rings. The van der Waals surface area contributed by atoms with E-state index < -0.39 is 17.5 Å². The van der Waals surface area contributed by atoms with Gasteiger partial charge < -0.3 is 10.6 Å². The van der Waals surface area contributed by atoms with Gasteiger partial charge in [-0.05, 0) is 37.8 Å². The first-order chi connectivity index (χ1) is 10.1. The summed E-state index contributed by atoms with van der Waals surface area (Å²) < 4.78 is 26.9. The maximum Gasteiger partial charge on any atom is 0.238 e. The van der Waals surface area contributed by atoms with E-state index in [0.717, 1.165) is 12.1 Å². The maximum atomic E-state index is 13.4. The fraction of sp³-hybridized carbons (Fsp3) is 0.562. The van der Waals surface area contributed by atoms with Gasteiger partial charge in [-0.3, -0.25) is 4.79 Å². The summed E-state index contributed by atoms with van der Waals surface area (Å²) in [4.78, 5) is 11.8. The van der Waals surface area contributed by atoms with Crippen LogP contribution in [-0.4, -0.2) is 18.5 Å². The van der Waals surface area contributed by atoms with E-state index in [-0.39, 0.29) is 18.3 Å². The van der Waals surface area contributed by atoms with Crippen LogP contribution in [-0.2, 0) is 4.79 Å². The Kier molecular flexibility index (Phi) is 5.67. The summed E-state index contributed by atoms with van der Waals surface area (Å²) in [6.45, 7) is 2.12. The largest absolute Gasteiger partial charge is 0.320 e. The monoisotopic (exact) mass is 296 g/mol.